The summed E-state index contributed by atoms with van der Waals surface area (Å²) >= 11 is 0. The summed E-state index contributed by atoms with van der Waals surface area (Å²) in [6.07, 6.45) is 1.70. The minimum absolute atomic E-state index is 0.00885. The first-order valence-corrected chi connectivity index (χ1v) is 12.2. The van der Waals surface area contributed by atoms with Gasteiger partial charge in [0.2, 0.25) is 11.8 Å². The number of amidine groups is 1. The number of aryl methyl sites for hydroxylation is 1. The Labute approximate surface area is 212 Å². The third-order valence-corrected chi connectivity index (χ3v) is 6.65. The Kier molecular flexibility index (Phi) is 9.36. The lowest BCUT2D eigenvalue weighted by Gasteiger charge is -2.37. The van der Waals surface area contributed by atoms with Gasteiger partial charge in [0.15, 0.2) is 0 Å². The standard InChI is InChI=1S/C29H35N5O2/c1-21(27(35)33-20-24-12-14-25(15-13-24)26(30)31)29(28(32)36,18-16-22-8-4-2-5-9-22)34-19-17-23-10-6-3-7-11-23/h2-15,21,34H,16-20H2,1H3,(H3,30,31)(H2,32,36)(H,33,35)/t21-,29?/m1/s1. The highest BCUT2D eigenvalue weighted by Gasteiger charge is 2.44. The Morgan fingerprint density at radius 1 is 0.833 bits per heavy atom. The Hall–Kier alpha value is -3.97. The van der Waals surface area contributed by atoms with Gasteiger partial charge in [-0.2, -0.15) is 0 Å². The molecule has 3 aromatic rings. The summed E-state index contributed by atoms with van der Waals surface area (Å²) < 4.78 is 0. The lowest BCUT2D eigenvalue weighted by Crippen LogP contribution is -2.63. The van der Waals surface area contributed by atoms with Gasteiger partial charge in [-0.05, 0) is 36.0 Å². The van der Waals surface area contributed by atoms with Crippen LogP contribution in [-0.4, -0.2) is 29.7 Å². The van der Waals surface area contributed by atoms with E-state index >= 15 is 0 Å². The molecule has 7 N–H and O–H groups in total. The molecule has 2 amide bonds. The molecule has 0 radical (unpaired) electrons. The van der Waals surface area contributed by atoms with Gasteiger partial charge in [0.05, 0.1) is 5.92 Å². The average Bonchev–Trinajstić information content (AvgIpc) is 2.90. The first-order chi connectivity index (χ1) is 17.3. The van der Waals surface area contributed by atoms with E-state index in [9.17, 15) is 9.59 Å². The number of primary amides is 1. The van der Waals surface area contributed by atoms with E-state index in [1.165, 1.54) is 0 Å². The van der Waals surface area contributed by atoms with Gasteiger partial charge in [0.25, 0.3) is 0 Å². The van der Waals surface area contributed by atoms with Gasteiger partial charge >= 0.3 is 0 Å². The van der Waals surface area contributed by atoms with Crippen molar-refractivity contribution in [2.45, 2.75) is 38.3 Å². The number of nitrogens with one attached hydrogen (secondary N) is 3. The molecule has 0 fully saturated rings. The second kappa shape index (κ2) is 12.7. The average molecular weight is 486 g/mol. The summed E-state index contributed by atoms with van der Waals surface area (Å²) in [5.41, 5.74) is 14.0. The van der Waals surface area contributed by atoms with E-state index in [0.717, 1.165) is 16.7 Å². The van der Waals surface area contributed by atoms with Crippen LogP contribution in [0, 0.1) is 11.3 Å². The lowest BCUT2D eigenvalue weighted by molar-refractivity contribution is -0.136. The van der Waals surface area contributed by atoms with Crippen molar-refractivity contribution in [1.29, 1.82) is 5.41 Å². The SMILES string of the molecule is C[C@H](C(=O)NCc1ccc(C(=N)N)cc1)C(CCc1ccccc1)(NCCc1ccccc1)C(N)=O. The molecule has 0 saturated heterocycles. The lowest BCUT2D eigenvalue weighted by atomic mass is 9.78. The molecular formula is C29H35N5O2. The molecule has 0 bridgehead atoms. The van der Waals surface area contributed by atoms with Crippen LogP contribution in [0.3, 0.4) is 0 Å². The second-order valence-electron chi connectivity index (χ2n) is 9.03. The zero-order valence-corrected chi connectivity index (χ0v) is 20.7. The molecule has 0 aliphatic heterocycles. The minimum Gasteiger partial charge on any atom is -0.384 e. The maximum atomic E-state index is 13.3. The molecule has 0 aliphatic rings. The maximum Gasteiger partial charge on any atom is 0.238 e. The van der Waals surface area contributed by atoms with Crippen LogP contribution >= 0.6 is 0 Å². The van der Waals surface area contributed by atoms with Crippen LogP contribution in [0.1, 0.15) is 35.6 Å². The quantitative estimate of drug-likeness (QED) is 0.188. The Bertz CT molecular complexity index is 1150. The minimum atomic E-state index is -1.22. The summed E-state index contributed by atoms with van der Waals surface area (Å²) in [7, 11) is 0. The van der Waals surface area contributed by atoms with E-state index < -0.39 is 17.4 Å². The third kappa shape index (κ3) is 7.02. The molecule has 0 aromatic heterocycles. The van der Waals surface area contributed by atoms with Gasteiger partial charge in [0.1, 0.15) is 11.4 Å². The molecule has 188 valence electrons. The van der Waals surface area contributed by atoms with Crippen LogP contribution < -0.4 is 22.1 Å². The molecule has 0 saturated carbocycles. The summed E-state index contributed by atoms with van der Waals surface area (Å²) in [6.45, 7) is 2.55. The molecule has 7 heteroatoms. The van der Waals surface area contributed by atoms with Crippen molar-refractivity contribution in [3.63, 3.8) is 0 Å². The van der Waals surface area contributed by atoms with Crippen molar-refractivity contribution in [2.24, 2.45) is 17.4 Å². The normalized spacial score (nSPS) is 13.4. The monoisotopic (exact) mass is 485 g/mol. The number of nitrogen functional groups attached to an aromatic ring is 1. The van der Waals surface area contributed by atoms with Crippen LogP contribution in [0.5, 0.6) is 0 Å². The van der Waals surface area contributed by atoms with Crippen molar-refractivity contribution in [3.05, 3.63) is 107 Å². The first kappa shape index (κ1) is 26.6. The summed E-state index contributed by atoms with van der Waals surface area (Å²) in [5, 5.41) is 13.8. The molecule has 7 nitrogen and oxygen atoms in total. The maximum absolute atomic E-state index is 13.3. The fourth-order valence-corrected chi connectivity index (χ4v) is 4.31. The number of carbonyl (C=O) groups excluding carboxylic acids is 2. The molecule has 0 spiro atoms. The fourth-order valence-electron chi connectivity index (χ4n) is 4.31. The number of amides is 2. The van der Waals surface area contributed by atoms with Crippen molar-refractivity contribution in [3.8, 4) is 0 Å². The second-order valence-corrected chi connectivity index (χ2v) is 9.03. The van der Waals surface area contributed by atoms with Gasteiger partial charge < -0.3 is 22.1 Å². The van der Waals surface area contributed by atoms with Crippen molar-refractivity contribution in [1.82, 2.24) is 10.6 Å². The molecule has 3 rings (SSSR count). The number of rotatable bonds is 13. The highest BCUT2D eigenvalue weighted by molar-refractivity contribution is 5.95. The summed E-state index contributed by atoms with van der Waals surface area (Å²) in [4.78, 5) is 26.2. The molecule has 0 heterocycles. The van der Waals surface area contributed by atoms with E-state index in [4.69, 9.17) is 16.9 Å². The van der Waals surface area contributed by atoms with Crippen LogP contribution in [0.25, 0.3) is 0 Å². The molecule has 2 atom stereocenters. The summed E-state index contributed by atoms with van der Waals surface area (Å²) in [5.74, 6) is -1.51. The first-order valence-electron chi connectivity index (χ1n) is 12.2. The third-order valence-electron chi connectivity index (χ3n) is 6.65. The number of benzene rings is 3. The number of hydrogen-bond donors (Lipinski definition) is 5. The van der Waals surface area contributed by atoms with Crippen molar-refractivity contribution in [2.75, 3.05) is 6.54 Å². The molecule has 0 aliphatic carbocycles. The highest BCUT2D eigenvalue weighted by Crippen LogP contribution is 2.25. The van der Waals surface area contributed by atoms with Crippen LogP contribution in [0.2, 0.25) is 0 Å². The molecular weight excluding hydrogens is 450 g/mol. The Morgan fingerprint density at radius 3 is 1.92 bits per heavy atom. The van der Waals surface area contributed by atoms with Crippen molar-refractivity contribution < 1.29 is 9.59 Å². The van der Waals surface area contributed by atoms with E-state index in [-0.39, 0.29) is 11.7 Å². The van der Waals surface area contributed by atoms with E-state index in [1.54, 1.807) is 19.1 Å². The van der Waals surface area contributed by atoms with Gasteiger partial charge in [-0.1, -0.05) is 91.9 Å². The van der Waals surface area contributed by atoms with E-state index in [2.05, 4.69) is 10.6 Å². The predicted octanol–water partition coefficient (Wildman–Crippen LogP) is 2.91. The van der Waals surface area contributed by atoms with Gasteiger partial charge in [0, 0.05) is 18.7 Å². The fraction of sp³-hybridized carbons (Fsp3) is 0.276. The van der Waals surface area contributed by atoms with Crippen LogP contribution in [0.4, 0.5) is 0 Å². The number of nitrogens with two attached hydrogens (primary N) is 2. The van der Waals surface area contributed by atoms with Gasteiger partial charge in [-0.25, -0.2) is 0 Å². The number of hydrogen-bond acceptors (Lipinski definition) is 4. The smallest absolute Gasteiger partial charge is 0.238 e. The molecule has 3 aromatic carbocycles. The zero-order chi connectivity index (χ0) is 26.0. The van der Waals surface area contributed by atoms with E-state index in [1.807, 2.05) is 72.8 Å². The number of carbonyl (C=O) groups is 2. The zero-order valence-electron chi connectivity index (χ0n) is 20.7. The summed E-state index contributed by atoms with van der Waals surface area (Å²) in [6, 6.07) is 27.0. The van der Waals surface area contributed by atoms with Crippen LogP contribution in [0.15, 0.2) is 84.9 Å². The van der Waals surface area contributed by atoms with E-state index in [0.29, 0.717) is 37.9 Å². The van der Waals surface area contributed by atoms with Crippen LogP contribution in [-0.2, 0) is 29.0 Å². The predicted molar refractivity (Wildman–Crippen MR) is 143 cm³/mol. The highest BCUT2D eigenvalue weighted by atomic mass is 16.2. The largest absolute Gasteiger partial charge is 0.384 e. The van der Waals surface area contributed by atoms with Gasteiger partial charge in [-0.15, -0.1) is 0 Å². The topological polar surface area (TPSA) is 134 Å². The Morgan fingerprint density at radius 2 is 1.39 bits per heavy atom. The van der Waals surface area contributed by atoms with Gasteiger partial charge in [-0.3, -0.25) is 15.0 Å². The Balaban J connectivity index is 1.74. The van der Waals surface area contributed by atoms with Crippen molar-refractivity contribution >= 4 is 17.6 Å². The molecule has 36 heavy (non-hydrogen) atoms. The molecule has 1 unspecified atom stereocenters.